The maximum atomic E-state index is 12.8. The number of carbonyl (C=O) groups is 1. The molecule has 2 heterocycles. The molecule has 2 aromatic rings. The Morgan fingerprint density at radius 3 is 2.77 bits per heavy atom. The van der Waals surface area contributed by atoms with Crippen molar-refractivity contribution < 1.29 is 4.79 Å². The van der Waals surface area contributed by atoms with E-state index in [1.165, 1.54) is 28.7 Å². The van der Waals surface area contributed by atoms with Gasteiger partial charge in [0.05, 0.1) is 0 Å². The minimum atomic E-state index is -0.624. The Morgan fingerprint density at radius 1 is 1.50 bits per heavy atom. The van der Waals surface area contributed by atoms with Crippen LogP contribution in [0.15, 0.2) is 53.1 Å². The van der Waals surface area contributed by atoms with Crippen molar-refractivity contribution in [3.05, 3.63) is 58.6 Å². The summed E-state index contributed by atoms with van der Waals surface area (Å²) in [7, 11) is 1.62. The van der Waals surface area contributed by atoms with Crippen LogP contribution in [0.2, 0.25) is 0 Å². The fourth-order valence-corrected chi connectivity index (χ4v) is 3.01. The van der Waals surface area contributed by atoms with E-state index in [9.17, 15) is 9.59 Å². The SMILES string of the molecule is C=C/C=C(/C(N)=O)N(C)Nc1cc(-c2cnsc2)cn(CC(C)C)c1=O. The number of hydrazine groups is 1. The van der Waals surface area contributed by atoms with E-state index in [-0.39, 0.29) is 11.3 Å². The molecule has 0 saturated heterocycles. The van der Waals surface area contributed by atoms with Crippen molar-refractivity contribution in [2.45, 2.75) is 20.4 Å². The first-order chi connectivity index (χ1) is 12.3. The summed E-state index contributed by atoms with van der Waals surface area (Å²) < 4.78 is 5.78. The van der Waals surface area contributed by atoms with Gasteiger partial charge in [0.15, 0.2) is 0 Å². The lowest BCUT2D eigenvalue weighted by molar-refractivity contribution is -0.115. The number of nitrogens with zero attached hydrogens (tertiary/aromatic N) is 3. The normalized spacial score (nSPS) is 11.5. The predicted molar refractivity (Wildman–Crippen MR) is 106 cm³/mol. The van der Waals surface area contributed by atoms with Crippen molar-refractivity contribution in [3.8, 4) is 11.1 Å². The van der Waals surface area contributed by atoms with Gasteiger partial charge in [-0.25, -0.2) is 4.37 Å². The van der Waals surface area contributed by atoms with Crippen molar-refractivity contribution >= 4 is 23.1 Å². The molecule has 2 rings (SSSR count). The summed E-state index contributed by atoms with van der Waals surface area (Å²) in [5.41, 5.74) is 10.5. The van der Waals surface area contributed by atoms with Crippen LogP contribution in [0.4, 0.5) is 5.69 Å². The van der Waals surface area contributed by atoms with Gasteiger partial charge in [-0.05, 0) is 29.6 Å². The number of allylic oxidation sites excluding steroid dienone is 2. The number of carbonyl (C=O) groups excluding carboxylic acids is 1. The van der Waals surface area contributed by atoms with Crippen molar-refractivity contribution in [1.82, 2.24) is 13.9 Å². The van der Waals surface area contributed by atoms with Gasteiger partial charge in [-0.3, -0.25) is 20.0 Å². The Labute approximate surface area is 156 Å². The number of amides is 1. The second-order valence-corrected chi connectivity index (χ2v) is 6.89. The minimum absolute atomic E-state index is 0.181. The van der Waals surface area contributed by atoms with Crippen LogP contribution in [-0.2, 0) is 11.3 Å². The van der Waals surface area contributed by atoms with Crippen LogP contribution in [0.5, 0.6) is 0 Å². The molecular weight excluding hydrogens is 350 g/mol. The maximum absolute atomic E-state index is 12.8. The molecule has 0 unspecified atom stereocenters. The number of primary amides is 1. The standard InChI is InChI=1S/C18H23N5O2S/c1-5-6-16(17(19)24)22(4)21-15-7-13(14-8-20-26-11-14)10-23(18(15)25)9-12(2)3/h5-8,10-12,21H,1,9H2,2-4H3,(H2,19,24)/b16-6-. The fourth-order valence-electron chi connectivity index (χ4n) is 2.46. The van der Waals surface area contributed by atoms with Gasteiger partial charge in [0.1, 0.15) is 11.4 Å². The molecule has 26 heavy (non-hydrogen) atoms. The molecule has 1 amide bonds. The summed E-state index contributed by atoms with van der Waals surface area (Å²) in [4.78, 5) is 24.4. The third-order valence-corrected chi connectivity index (χ3v) is 4.18. The topological polar surface area (TPSA) is 93.2 Å². The highest BCUT2D eigenvalue weighted by atomic mass is 32.1. The Kier molecular flexibility index (Phi) is 6.35. The molecule has 0 saturated carbocycles. The van der Waals surface area contributed by atoms with E-state index in [0.29, 0.717) is 18.2 Å². The number of hydrogen-bond donors (Lipinski definition) is 2. The average molecular weight is 373 g/mol. The highest BCUT2D eigenvalue weighted by Crippen LogP contribution is 2.22. The Bertz CT molecular complexity index is 868. The largest absolute Gasteiger partial charge is 0.364 e. The van der Waals surface area contributed by atoms with Crippen LogP contribution < -0.4 is 16.7 Å². The van der Waals surface area contributed by atoms with Crippen molar-refractivity contribution in [1.29, 1.82) is 0 Å². The van der Waals surface area contributed by atoms with Gasteiger partial charge in [-0.15, -0.1) is 0 Å². The van der Waals surface area contributed by atoms with Gasteiger partial charge in [0, 0.05) is 42.5 Å². The number of rotatable bonds is 8. The van der Waals surface area contributed by atoms with Gasteiger partial charge in [0.25, 0.3) is 11.5 Å². The smallest absolute Gasteiger partial charge is 0.275 e. The first kappa shape index (κ1) is 19.5. The van der Waals surface area contributed by atoms with Gasteiger partial charge in [0.2, 0.25) is 0 Å². The number of nitrogens with one attached hydrogen (secondary N) is 1. The Hall–Kier alpha value is -2.87. The predicted octanol–water partition coefficient (Wildman–Crippen LogP) is 2.44. The van der Waals surface area contributed by atoms with E-state index in [0.717, 1.165) is 11.1 Å². The number of nitrogens with two attached hydrogens (primary N) is 1. The van der Waals surface area contributed by atoms with Crippen LogP contribution in [0, 0.1) is 5.92 Å². The van der Waals surface area contributed by atoms with Crippen molar-refractivity contribution in [2.24, 2.45) is 11.7 Å². The Morgan fingerprint density at radius 2 is 2.23 bits per heavy atom. The van der Waals surface area contributed by atoms with E-state index in [1.807, 2.05) is 25.4 Å². The summed E-state index contributed by atoms with van der Waals surface area (Å²) in [6.07, 6.45) is 6.52. The molecule has 3 N–H and O–H groups in total. The first-order valence-corrected chi connectivity index (χ1v) is 8.94. The summed E-state index contributed by atoms with van der Waals surface area (Å²) in [5, 5.41) is 3.33. The summed E-state index contributed by atoms with van der Waals surface area (Å²) in [6, 6.07) is 1.74. The highest BCUT2D eigenvalue weighted by Gasteiger charge is 2.15. The lowest BCUT2D eigenvalue weighted by Crippen LogP contribution is -2.35. The zero-order chi connectivity index (χ0) is 19.3. The number of aromatic nitrogens is 2. The second-order valence-electron chi connectivity index (χ2n) is 6.23. The second kappa shape index (κ2) is 8.48. The molecule has 0 aliphatic rings. The summed E-state index contributed by atoms with van der Waals surface area (Å²) in [5.74, 6) is -0.323. The summed E-state index contributed by atoms with van der Waals surface area (Å²) in [6.45, 7) is 8.24. The third kappa shape index (κ3) is 4.60. The van der Waals surface area contributed by atoms with Crippen molar-refractivity contribution in [2.75, 3.05) is 12.5 Å². The lowest BCUT2D eigenvalue weighted by Gasteiger charge is -2.23. The molecular formula is C18H23N5O2S. The molecule has 0 aromatic carbocycles. The first-order valence-electron chi connectivity index (χ1n) is 8.10. The van der Waals surface area contributed by atoms with Gasteiger partial charge in [-0.2, -0.15) is 0 Å². The van der Waals surface area contributed by atoms with Crippen LogP contribution in [0.1, 0.15) is 13.8 Å². The maximum Gasteiger partial charge on any atom is 0.275 e. The van der Waals surface area contributed by atoms with Gasteiger partial charge < -0.3 is 10.3 Å². The molecule has 0 fully saturated rings. The molecule has 0 radical (unpaired) electrons. The molecule has 0 aliphatic heterocycles. The van der Waals surface area contributed by atoms with Gasteiger partial charge >= 0.3 is 0 Å². The van der Waals surface area contributed by atoms with E-state index in [4.69, 9.17) is 5.73 Å². The number of anilines is 1. The zero-order valence-electron chi connectivity index (χ0n) is 15.1. The lowest BCUT2D eigenvalue weighted by atomic mass is 10.1. The molecule has 0 spiro atoms. The van der Waals surface area contributed by atoms with Crippen LogP contribution >= 0.6 is 11.5 Å². The van der Waals surface area contributed by atoms with Crippen LogP contribution in [0.3, 0.4) is 0 Å². The van der Waals surface area contributed by atoms with Crippen LogP contribution in [0.25, 0.3) is 11.1 Å². The fraction of sp³-hybridized carbons (Fsp3) is 0.278. The number of hydrogen-bond acceptors (Lipinski definition) is 6. The summed E-state index contributed by atoms with van der Waals surface area (Å²) >= 11 is 1.34. The number of pyridine rings is 1. The minimum Gasteiger partial charge on any atom is -0.364 e. The van der Waals surface area contributed by atoms with Crippen molar-refractivity contribution in [3.63, 3.8) is 0 Å². The molecule has 0 atom stereocenters. The molecule has 2 aromatic heterocycles. The quantitative estimate of drug-likeness (QED) is 0.421. The Balaban J connectivity index is 2.48. The van der Waals surface area contributed by atoms with E-state index < -0.39 is 5.91 Å². The van der Waals surface area contributed by atoms with E-state index >= 15 is 0 Å². The van der Waals surface area contributed by atoms with E-state index in [1.54, 1.807) is 23.9 Å². The van der Waals surface area contributed by atoms with Crippen LogP contribution in [-0.4, -0.2) is 26.9 Å². The molecule has 138 valence electrons. The third-order valence-electron chi connectivity index (χ3n) is 3.59. The highest BCUT2D eigenvalue weighted by molar-refractivity contribution is 7.03. The monoisotopic (exact) mass is 373 g/mol. The zero-order valence-corrected chi connectivity index (χ0v) is 15.9. The molecule has 0 aliphatic carbocycles. The molecule has 0 bridgehead atoms. The molecule has 7 nitrogen and oxygen atoms in total. The number of likely N-dealkylation sites (N-methyl/N-ethyl adjacent to an activating group) is 1. The molecule has 8 heteroatoms. The van der Waals surface area contributed by atoms with Gasteiger partial charge in [-0.1, -0.05) is 26.5 Å². The average Bonchev–Trinajstić information content (AvgIpc) is 3.09. The van der Waals surface area contributed by atoms with E-state index in [2.05, 4.69) is 16.4 Å².